The average Bonchev–Trinajstić information content (AvgIpc) is 3.21. The van der Waals surface area contributed by atoms with Crippen LogP contribution in [0.4, 0.5) is 4.39 Å². The van der Waals surface area contributed by atoms with Gasteiger partial charge in [0, 0.05) is 12.0 Å². The van der Waals surface area contributed by atoms with E-state index in [9.17, 15) is 9.18 Å². The van der Waals surface area contributed by atoms with Gasteiger partial charge in [-0.3, -0.25) is 4.79 Å². The van der Waals surface area contributed by atoms with Gasteiger partial charge in [0.1, 0.15) is 5.82 Å². The molecule has 2 aromatic rings. The van der Waals surface area contributed by atoms with E-state index < -0.39 is 0 Å². The molecule has 0 saturated heterocycles. The van der Waals surface area contributed by atoms with Gasteiger partial charge in [-0.1, -0.05) is 12.1 Å². The topological polar surface area (TPSA) is 51.1 Å². The molecule has 1 atom stereocenters. The van der Waals surface area contributed by atoms with Crippen molar-refractivity contribution in [3.63, 3.8) is 0 Å². The van der Waals surface area contributed by atoms with Crippen LogP contribution in [0, 0.1) is 5.82 Å². The van der Waals surface area contributed by atoms with Gasteiger partial charge in [0.05, 0.1) is 11.8 Å². The van der Waals surface area contributed by atoms with Crippen LogP contribution in [0.5, 0.6) is 11.5 Å². The van der Waals surface area contributed by atoms with Crippen LogP contribution in [0.25, 0.3) is 0 Å². The number of hydrogen-bond acceptors (Lipinski definition) is 4. The second kappa shape index (κ2) is 5.39. The molecule has 2 aliphatic heterocycles. The molecule has 0 saturated carbocycles. The predicted molar refractivity (Wildman–Crippen MR) is 80.8 cm³/mol. The van der Waals surface area contributed by atoms with Gasteiger partial charge < -0.3 is 9.47 Å². The van der Waals surface area contributed by atoms with Crippen molar-refractivity contribution in [1.82, 2.24) is 5.01 Å². The molecule has 2 aromatic carbocycles. The molecule has 1 unspecified atom stereocenters. The quantitative estimate of drug-likeness (QED) is 0.819. The number of hydrazone groups is 1. The number of halogens is 1. The van der Waals surface area contributed by atoms with E-state index >= 15 is 0 Å². The molecule has 116 valence electrons. The van der Waals surface area contributed by atoms with Crippen molar-refractivity contribution >= 4 is 12.1 Å². The van der Waals surface area contributed by atoms with E-state index in [0.29, 0.717) is 24.3 Å². The van der Waals surface area contributed by atoms with Crippen LogP contribution in [0.15, 0.2) is 47.6 Å². The highest BCUT2D eigenvalue weighted by molar-refractivity contribution is 6.03. The van der Waals surface area contributed by atoms with Gasteiger partial charge in [0.25, 0.3) is 0 Å². The summed E-state index contributed by atoms with van der Waals surface area (Å²) in [4.78, 5) is 11.3. The van der Waals surface area contributed by atoms with E-state index in [0.717, 1.165) is 16.8 Å². The Balaban J connectivity index is 1.63. The van der Waals surface area contributed by atoms with Crippen molar-refractivity contribution in [2.45, 2.75) is 12.5 Å². The minimum Gasteiger partial charge on any atom is -0.454 e. The third-order valence-electron chi connectivity index (χ3n) is 4.01. The number of amides is 1. The first-order chi connectivity index (χ1) is 11.2. The molecule has 2 aliphatic rings. The van der Waals surface area contributed by atoms with Crippen molar-refractivity contribution in [3.05, 3.63) is 59.4 Å². The van der Waals surface area contributed by atoms with E-state index in [1.165, 1.54) is 17.1 Å². The molecule has 0 fully saturated rings. The smallest absolute Gasteiger partial charge is 0.231 e. The van der Waals surface area contributed by atoms with Gasteiger partial charge in [0.15, 0.2) is 11.5 Å². The highest BCUT2D eigenvalue weighted by Crippen LogP contribution is 2.36. The molecule has 23 heavy (non-hydrogen) atoms. The van der Waals surface area contributed by atoms with Crippen LogP contribution in [0.2, 0.25) is 0 Å². The van der Waals surface area contributed by atoms with Crippen LogP contribution < -0.4 is 9.47 Å². The summed E-state index contributed by atoms with van der Waals surface area (Å²) in [6.45, 7) is 0.212. The number of ether oxygens (including phenoxy) is 2. The third-order valence-corrected chi connectivity index (χ3v) is 4.01. The molecule has 6 heteroatoms. The van der Waals surface area contributed by atoms with E-state index in [2.05, 4.69) is 5.10 Å². The zero-order chi connectivity index (χ0) is 15.8. The molecular formula is C17H13FN2O3. The summed E-state index contributed by atoms with van der Waals surface area (Å²) in [7, 11) is 0. The lowest BCUT2D eigenvalue weighted by atomic mass is 9.98. The second-order valence-corrected chi connectivity index (χ2v) is 5.37. The lowest BCUT2D eigenvalue weighted by Gasteiger charge is -2.17. The van der Waals surface area contributed by atoms with E-state index in [-0.39, 0.29) is 18.7 Å². The maximum absolute atomic E-state index is 13.1. The van der Waals surface area contributed by atoms with Crippen LogP contribution in [-0.2, 0) is 4.79 Å². The number of fused-ring (bicyclic) bond motifs is 1. The summed E-state index contributed by atoms with van der Waals surface area (Å²) in [5.74, 6) is 1.07. The number of benzene rings is 2. The highest BCUT2D eigenvalue weighted by atomic mass is 19.1. The maximum atomic E-state index is 13.1. The lowest BCUT2D eigenvalue weighted by Crippen LogP contribution is -2.17. The molecule has 0 aromatic heterocycles. The molecule has 1 amide bonds. The minimum atomic E-state index is -0.304. The Morgan fingerprint density at radius 3 is 2.70 bits per heavy atom. The molecule has 0 radical (unpaired) electrons. The molecule has 0 spiro atoms. The first kappa shape index (κ1) is 13.8. The van der Waals surface area contributed by atoms with Crippen molar-refractivity contribution < 1.29 is 18.7 Å². The number of rotatable bonds is 3. The first-order valence-corrected chi connectivity index (χ1v) is 7.21. The number of hydrogen-bond donors (Lipinski definition) is 0. The van der Waals surface area contributed by atoms with Crippen LogP contribution in [-0.4, -0.2) is 23.9 Å². The number of nitrogens with zero attached hydrogens (tertiary/aromatic N) is 2. The fraction of sp³-hybridized carbons (Fsp3) is 0.176. The van der Waals surface area contributed by atoms with E-state index in [1.54, 1.807) is 12.1 Å². The Morgan fingerprint density at radius 2 is 1.91 bits per heavy atom. The van der Waals surface area contributed by atoms with Crippen molar-refractivity contribution in [2.75, 3.05) is 6.79 Å². The Kier molecular flexibility index (Phi) is 3.22. The normalized spacial score (nSPS) is 18.9. The lowest BCUT2D eigenvalue weighted by molar-refractivity contribution is -0.119. The minimum absolute atomic E-state index is 0.212. The van der Waals surface area contributed by atoms with E-state index in [4.69, 9.17) is 9.47 Å². The largest absolute Gasteiger partial charge is 0.454 e. The molecular weight excluding hydrogens is 299 g/mol. The van der Waals surface area contributed by atoms with E-state index in [1.807, 2.05) is 18.2 Å². The zero-order valence-corrected chi connectivity index (χ0v) is 12.1. The van der Waals surface area contributed by atoms with Crippen molar-refractivity contribution in [2.24, 2.45) is 5.10 Å². The Hall–Kier alpha value is -2.89. The molecule has 0 aliphatic carbocycles. The Labute approximate surface area is 131 Å². The predicted octanol–water partition coefficient (Wildman–Crippen LogP) is 2.86. The second-order valence-electron chi connectivity index (χ2n) is 5.37. The summed E-state index contributed by atoms with van der Waals surface area (Å²) in [6, 6.07) is 11.5. The van der Waals surface area contributed by atoms with Crippen LogP contribution in [0.1, 0.15) is 23.6 Å². The number of carbonyl (C=O) groups is 1. The summed E-state index contributed by atoms with van der Waals surface area (Å²) in [6.07, 6.45) is 1.25. The SMILES string of the molecule is O=CN1N=C(c2ccc3c(c2)OCO3)CC1c1ccc(F)cc1. The summed E-state index contributed by atoms with van der Waals surface area (Å²) in [5.41, 5.74) is 2.51. The molecule has 0 N–H and O–H groups in total. The molecule has 4 rings (SSSR count). The summed E-state index contributed by atoms with van der Waals surface area (Å²) >= 11 is 0. The average molecular weight is 312 g/mol. The van der Waals surface area contributed by atoms with Gasteiger partial charge in [0.2, 0.25) is 13.2 Å². The standard InChI is InChI=1S/C17H13FN2O3/c18-13-4-1-11(2-5-13)15-8-14(19-20(15)9-21)12-3-6-16-17(7-12)23-10-22-16/h1-7,9,15H,8,10H2. The van der Waals surface area contributed by atoms with Crippen molar-refractivity contribution in [3.8, 4) is 11.5 Å². The Bertz CT molecular complexity index is 789. The zero-order valence-electron chi connectivity index (χ0n) is 12.1. The van der Waals surface area contributed by atoms with Crippen molar-refractivity contribution in [1.29, 1.82) is 0 Å². The molecule has 2 heterocycles. The Morgan fingerprint density at radius 1 is 1.13 bits per heavy atom. The fourth-order valence-corrected chi connectivity index (χ4v) is 2.83. The van der Waals surface area contributed by atoms with Gasteiger partial charge in [-0.2, -0.15) is 5.10 Å². The summed E-state index contributed by atoms with van der Waals surface area (Å²) < 4.78 is 23.8. The highest BCUT2D eigenvalue weighted by Gasteiger charge is 2.29. The molecule has 0 bridgehead atoms. The fourth-order valence-electron chi connectivity index (χ4n) is 2.83. The van der Waals surface area contributed by atoms with Crippen LogP contribution >= 0.6 is 0 Å². The number of carbonyl (C=O) groups excluding carboxylic acids is 1. The van der Waals surface area contributed by atoms with Crippen LogP contribution in [0.3, 0.4) is 0 Å². The monoisotopic (exact) mass is 312 g/mol. The van der Waals surface area contributed by atoms with Gasteiger partial charge in [-0.15, -0.1) is 0 Å². The first-order valence-electron chi connectivity index (χ1n) is 7.21. The third kappa shape index (κ3) is 2.42. The van der Waals surface area contributed by atoms with Gasteiger partial charge in [-0.25, -0.2) is 9.40 Å². The van der Waals surface area contributed by atoms with Gasteiger partial charge >= 0.3 is 0 Å². The molecule has 5 nitrogen and oxygen atoms in total. The van der Waals surface area contributed by atoms with Gasteiger partial charge in [-0.05, 0) is 35.9 Å². The summed E-state index contributed by atoms with van der Waals surface area (Å²) in [5, 5.41) is 5.74. The maximum Gasteiger partial charge on any atom is 0.231 e.